The van der Waals surface area contributed by atoms with Gasteiger partial charge in [0.1, 0.15) is 11.1 Å². The second-order valence-electron chi connectivity index (χ2n) is 3.79. The van der Waals surface area contributed by atoms with Crippen LogP contribution in [0.2, 0.25) is 0 Å². The van der Waals surface area contributed by atoms with Crippen LogP contribution in [0.1, 0.15) is 21.4 Å². The molecule has 0 aliphatic carbocycles. The number of aromatic nitrogens is 1. The summed E-state index contributed by atoms with van der Waals surface area (Å²) in [5.41, 5.74) is 1.16. The average Bonchev–Trinajstić information content (AvgIpc) is 2.47. The van der Waals surface area contributed by atoms with Gasteiger partial charge in [0.15, 0.2) is 0 Å². The molecule has 1 aromatic carbocycles. The molecule has 2 nitrogen and oxygen atoms in total. The lowest BCUT2D eigenvalue weighted by atomic mass is 10.0. The van der Waals surface area contributed by atoms with Gasteiger partial charge in [0, 0.05) is 6.20 Å². The van der Waals surface area contributed by atoms with Gasteiger partial charge in [-0.1, -0.05) is 36.4 Å². The van der Waals surface area contributed by atoms with Gasteiger partial charge < -0.3 is 0 Å². The second kappa shape index (κ2) is 5.98. The van der Waals surface area contributed by atoms with Gasteiger partial charge in [-0.2, -0.15) is 0 Å². The molecule has 0 aliphatic heterocycles. The number of benzene rings is 1. The van der Waals surface area contributed by atoms with E-state index in [1.165, 1.54) is 0 Å². The molecule has 1 aromatic heterocycles. The van der Waals surface area contributed by atoms with Crippen LogP contribution in [0.4, 0.5) is 0 Å². The van der Waals surface area contributed by atoms with Gasteiger partial charge in [-0.25, -0.2) is 0 Å². The lowest BCUT2D eigenvalue weighted by Crippen LogP contribution is -2.20. The molecule has 0 saturated heterocycles. The minimum Gasteiger partial charge on any atom is -0.291 e. The molecular formula is C14H11Cl2NO. The van der Waals surface area contributed by atoms with Crippen molar-refractivity contribution in [2.24, 2.45) is 0 Å². The van der Waals surface area contributed by atoms with Gasteiger partial charge in [-0.05, 0) is 17.7 Å². The quantitative estimate of drug-likeness (QED) is 0.629. The monoisotopic (exact) mass is 279 g/mol. The Labute approximate surface area is 116 Å². The van der Waals surface area contributed by atoms with Gasteiger partial charge in [0.2, 0.25) is 5.78 Å². The minimum absolute atomic E-state index is 0.263. The molecule has 1 heterocycles. The van der Waals surface area contributed by atoms with Gasteiger partial charge in [-0.15, -0.1) is 23.2 Å². The van der Waals surface area contributed by atoms with Gasteiger partial charge in [0.25, 0.3) is 0 Å². The summed E-state index contributed by atoms with van der Waals surface area (Å²) >= 11 is 12.4. The highest BCUT2D eigenvalue weighted by Gasteiger charge is 2.27. The summed E-state index contributed by atoms with van der Waals surface area (Å²) in [5, 5.41) is -1.40. The molecule has 18 heavy (non-hydrogen) atoms. The smallest absolute Gasteiger partial charge is 0.200 e. The van der Waals surface area contributed by atoms with E-state index in [0.717, 1.165) is 5.56 Å². The standard InChI is InChI=1S/C14H11Cl2NO/c15-12(10-6-2-1-3-7-10)13(16)14(18)11-8-4-5-9-17-11/h1-9,12-13H. The fourth-order valence-corrected chi connectivity index (χ4v) is 2.11. The first-order chi connectivity index (χ1) is 8.70. The summed E-state index contributed by atoms with van der Waals surface area (Å²) in [6.07, 6.45) is 1.56. The summed E-state index contributed by atoms with van der Waals surface area (Å²) < 4.78 is 0. The molecule has 0 N–H and O–H groups in total. The zero-order valence-electron chi connectivity index (χ0n) is 9.46. The lowest BCUT2D eigenvalue weighted by Gasteiger charge is -2.14. The van der Waals surface area contributed by atoms with Crippen molar-refractivity contribution in [3.63, 3.8) is 0 Å². The Morgan fingerprint density at radius 1 is 1.00 bits per heavy atom. The van der Waals surface area contributed by atoms with Gasteiger partial charge in [0.05, 0.1) is 5.38 Å². The van der Waals surface area contributed by atoms with Crippen molar-refractivity contribution in [1.29, 1.82) is 0 Å². The number of halogens is 2. The zero-order chi connectivity index (χ0) is 13.0. The Morgan fingerprint density at radius 2 is 1.67 bits per heavy atom. The third-order valence-corrected chi connectivity index (χ3v) is 3.63. The number of rotatable bonds is 4. The molecule has 0 radical (unpaired) electrons. The molecule has 0 amide bonds. The number of alkyl halides is 2. The SMILES string of the molecule is O=C(c1ccccn1)C(Cl)C(Cl)c1ccccc1. The largest absolute Gasteiger partial charge is 0.291 e. The Morgan fingerprint density at radius 3 is 2.28 bits per heavy atom. The van der Waals surface area contributed by atoms with E-state index in [-0.39, 0.29) is 5.78 Å². The normalized spacial score (nSPS) is 13.9. The highest BCUT2D eigenvalue weighted by atomic mass is 35.5. The van der Waals surface area contributed by atoms with E-state index in [1.807, 2.05) is 30.3 Å². The fraction of sp³-hybridized carbons (Fsp3) is 0.143. The summed E-state index contributed by atoms with van der Waals surface area (Å²) in [6, 6.07) is 14.4. The van der Waals surface area contributed by atoms with Crippen molar-refractivity contribution in [3.8, 4) is 0 Å². The summed E-state index contributed by atoms with van der Waals surface area (Å²) in [5.74, 6) is -0.263. The highest BCUT2D eigenvalue weighted by molar-refractivity contribution is 6.39. The van der Waals surface area contributed by atoms with Crippen LogP contribution in [-0.2, 0) is 0 Å². The van der Waals surface area contributed by atoms with Crippen molar-refractivity contribution < 1.29 is 4.79 Å². The van der Waals surface area contributed by atoms with Crippen molar-refractivity contribution >= 4 is 29.0 Å². The van der Waals surface area contributed by atoms with Crippen LogP contribution in [0.3, 0.4) is 0 Å². The van der Waals surface area contributed by atoms with Crippen LogP contribution < -0.4 is 0 Å². The summed E-state index contributed by atoms with van der Waals surface area (Å²) in [7, 11) is 0. The fourth-order valence-electron chi connectivity index (χ4n) is 1.59. The number of carbonyl (C=O) groups is 1. The third-order valence-electron chi connectivity index (χ3n) is 2.54. The molecule has 0 spiro atoms. The molecule has 2 atom stereocenters. The first kappa shape index (κ1) is 13.1. The maximum Gasteiger partial charge on any atom is 0.200 e. The molecular weight excluding hydrogens is 269 g/mol. The van der Waals surface area contributed by atoms with Crippen molar-refractivity contribution in [3.05, 3.63) is 66.0 Å². The van der Waals surface area contributed by atoms with E-state index in [2.05, 4.69) is 4.98 Å². The maximum absolute atomic E-state index is 12.1. The molecule has 0 aliphatic rings. The van der Waals surface area contributed by atoms with E-state index < -0.39 is 10.8 Å². The second-order valence-corrected chi connectivity index (χ2v) is 4.73. The third kappa shape index (κ3) is 2.89. The van der Waals surface area contributed by atoms with Crippen molar-refractivity contribution in [2.75, 3.05) is 0 Å². The number of hydrogen-bond donors (Lipinski definition) is 0. The van der Waals surface area contributed by atoms with Gasteiger partial charge in [-0.3, -0.25) is 9.78 Å². The van der Waals surface area contributed by atoms with Crippen LogP contribution in [0.5, 0.6) is 0 Å². The van der Waals surface area contributed by atoms with Crippen LogP contribution in [0.25, 0.3) is 0 Å². The number of hydrogen-bond acceptors (Lipinski definition) is 2. The molecule has 92 valence electrons. The highest BCUT2D eigenvalue weighted by Crippen LogP contribution is 2.29. The minimum atomic E-state index is -0.830. The first-order valence-corrected chi connectivity index (χ1v) is 6.36. The predicted molar refractivity (Wildman–Crippen MR) is 73.2 cm³/mol. The van der Waals surface area contributed by atoms with Crippen molar-refractivity contribution in [2.45, 2.75) is 10.8 Å². The molecule has 0 saturated carbocycles. The summed E-state index contributed by atoms with van der Waals surface area (Å²) in [6.45, 7) is 0. The average molecular weight is 280 g/mol. The number of carbonyl (C=O) groups excluding carboxylic acids is 1. The Balaban J connectivity index is 2.17. The molecule has 4 heteroatoms. The molecule has 2 unspecified atom stereocenters. The summed E-state index contributed by atoms with van der Waals surface area (Å²) in [4.78, 5) is 16.1. The number of nitrogens with zero attached hydrogens (tertiary/aromatic N) is 1. The van der Waals surface area contributed by atoms with Crippen LogP contribution in [0, 0.1) is 0 Å². The number of Topliss-reactive ketones (excluding diaryl/α,β-unsaturated/α-hetero) is 1. The van der Waals surface area contributed by atoms with Crippen LogP contribution in [0.15, 0.2) is 54.7 Å². The molecule has 2 rings (SSSR count). The number of ketones is 1. The van der Waals surface area contributed by atoms with Crippen LogP contribution >= 0.6 is 23.2 Å². The topological polar surface area (TPSA) is 30.0 Å². The van der Waals surface area contributed by atoms with E-state index >= 15 is 0 Å². The van der Waals surface area contributed by atoms with E-state index in [0.29, 0.717) is 5.69 Å². The van der Waals surface area contributed by atoms with Gasteiger partial charge >= 0.3 is 0 Å². The zero-order valence-corrected chi connectivity index (χ0v) is 11.0. The van der Waals surface area contributed by atoms with Crippen molar-refractivity contribution in [1.82, 2.24) is 4.98 Å². The Hall–Kier alpha value is -1.38. The Bertz CT molecular complexity index is 516. The molecule has 0 bridgehead atoms. The van der Waals surface area contributed by atoms with E-state index in [4.69, 9.17) is 23.2 Å². The van der Waals surface area contributed by atoms with E-state index in [9.17, 15) is 4.79 Å². The van der Waals surface area contributed by atoms with Crippen LogP contribution in [-0.4, -0.2) is 16.1 Å². The maximum atomic E-state index is 12.1. The lowest BCUT2D eigenvalue weighted by molar-refractivity contribution is 0.0980. The Kier molecular flexibility index (Phi) is 4.34. The first-order valence-electron chi connectivity index (χ1n) is 5.48. The predicted octanol–water partition coefficient (Wildman–Crippen LogP) is 3.85. The van der Waals surface area contributed by atoms with E-state index in [1.54, 1.807) is 24.4 Å². The number of pyridine rings is 1. The molecule has 2 aromatic rings. The molecule has 0 fully saturated rings.